The highest BCUT2D eigenvalue weighted by Gasteiger charge is 2.55. The molecule has 152 valence electrons. The van der Waals surface area contributed by atoms with Crippen LogP contribution < -0.4 is 14.2 Å². The van der Waals surface area contributed by atoms with E-state index in [0.29, 0.717) is 35.7 Å². The van der Waals surface area contributed by atoms with E-state index >= 15 is 0 Å². The van der Waals surface area contributed by atoms with Crippen LogP contribution in [-0.4, -0.2) is 38.4 Å². The topological polar surface area (TPSA) is 80.3 Å². The molecule has 1 saturated carbocycles. The molecule has 2 aromatic carbocycles. The fourth-order valence-electron chi connectivity index (χ4n) is 3.45. The fraction of sp³-hybridized carbons (Fsp3) is 0.364. The first-order valence-electron chi connectivity index (χ1n) is 9.44. The summed E-state index contributed by atoms with van der Waals surface area (Å²) < 4.78 is 27.5. The van der Waals surface area contributed by atoms with E-state index in [4.69, 9.17) is 23.7 Å². The smallest absolute Gasteiger partial charge is 0.350 e. The van der Waals surface area contributed by atoms with Crippen molar-refractivity contribution in [1.82, 2.24) is 0 Å². The second-order valence-electron chi connectivity index (χ2n) is 6.94. The van der Waals surface area contributed by atoms with Crippen molar-refractivity contribution < 1.29 is 33.3 Å². The number of hydrogen-bond acceptors (Lipinski definition) is 7. The molecule has 1 heterocycles. The Bertz CT molecular complexity index is 975. The number of cyclic esters (lactones) is 1. The number of ether oxygens (including phenoxy) is 5. The summed E-state index contributed by atoms with van der Waals surface area (Å²) in [7, 11) is 3.06. The summed E-state index contributed by atoms with van der Waals surface area (Å²) in [5.74, 6) is 0.583. The Kier molecular flexibility index (Phi) is 4.82. The zero-order valence-corrected chi connectivity index (χ0v) is 16.6. The highest BCUT2D eigenvalue weighted by atomic mass is 16.6. The molecule has 7 heteroatoms. The van der Waals surface area contributed by atoms with Crippen molar-refractivity contribution in [3.63, 3.8) is 0 Å². The summed E-state index contributed by atoms with van der Waals surface area (Å²) in [6.07, 6.45) is 1.14. The minimum atomic E-state index is -1.01. The largest absolute Gasteiger partial charge is 0.493 e. The molecular weight excluding hydrogens is 376 g/mol. The molecule has 1 aliphatic heterocycles. The normalized spacial score (nSPS) is 15.9. The number of fused-ring (bicyclic) bond motifs is 1. The van der Waals surface area contributed by atoms with Crippen LogP contribution >= 0.6 is 0 Å². The molecule has 0 atom stereocenters. The summed E-state index contributed by atoms with van der Waals surface area (Å²) in [4.78, 5) is 24.2. The lowest BCUT2D eigenvalue weighted by Crippen LogP contribution is -2.32. The third-order valence-electron chi connectivity index (χ3n) is 5.14. The first-order chi connectivity index (χ1) is 14.0. The van der Waals surface area contributed by atoms with Gasteiger partial charge in [-0.15, -0.1) is 0 Å². The Morgan fingerprint density at radius 1 is 1.07 bits per heavy atom. The van der Waals surface area contributed by atoms with Crippen LogP contribution in [0.25, 0.3) is 11.1 Å². The van der Waals surface area contributed by atoms with Gasteiger partial charge in [-0.05, 0) is 36.8 Å². The maximum absolute atomic E-state index is 12.4. The number of hydrogen-bond donors (Lipinski definition) is 0. The van der Waals surface area contributed by atoms with Gasteiger partial charge in [-0.25, -0.2) is 9.59 Å². The van der Waals surface area contributed by atoms with Crippen LogP contribution in [0.1, 0.15) is 35.7 Å². The quantitative estimate of drug-likeness (QED) is 0.660. The molecule has 1 fully saturated rings. The molecule has 0 N–H and O–H groups in total. The van der Waals surface area contributed by atoms with Gasteiger partial charge in [0, 0.05) is 24.0 Å². The van der Waals surface area contributed by atoms with Crippen molar-refractivity contribution in [3.8, 4) is 28.4 Å². The molecule has 0 bridgehead atoms. The van der Waals surface area contributed by atoms with E-state index in [1.54, 1.807) is 19.1 Å². The first-order valence-corrected chi connectivity index (χ1v) is 9.44. The maximum atomic E-state index is 12.4. The molecule has 7 nitrogen and oxygen atoms in total. The van der Waals surface area contributed by atoms with Crippen molar-refractivity contribution >= 4 is 11.9 Å². The molecule has 2 aliphatic rings. The average Bonchev–Trinajstić information content (AvgIpc) is 3.43. The molecule has 29 heavy (non-hydrogen) atoms. The highest BCUT2D eigenvalue weighted by molar-refractivity contribution is 5.94. The molecule has 0 aromatic heterocycles. The third kappa shape index (κ3) is 3.26. The van der Waals surface area contributed by atoms with E-state index in [1.165, 1.54) is 14.2 Å². The monoisotopic (exact) mass is 398 g/mol. The van der Waals surface area contributed by atoms with Gasteiger partial charge in [-0.1, -0.05) is 6.07 Å². The van der Waals surface area contributed by atoms with Crippen LogP contribution in [0.2, 0.25) is 0 Å². The van der Waals surface area contributed by atoms with Gasteiger partial charge in [-0.2, -0.15) is 0 Å². The number of carbonyl (C=O) groups is 2. The highest BCUT2D eigenvalue weighted by Crippen LogP contribution is 2.50. The summed E-state index contributed by atoms with van der Waals surface area (Å²) in [6.45, 7) is 2.28. The second kappa shape index (κ2) is 7.31. The number of rotatable bonds is 7. The van der Waals surface area contributed by atoms with Gasteiger partial charge in [0.05, 0.1) is 26.4 Å². The molecule has 0 spiro atoms. The molecule has 2 aromatic rings. The number of methoxy groups -OCH3 is 2. The zero-order valence-electron chi connectivity index (χ0n) is 16.6. The zero-order chi connectivity index (χ0) is 20.6. The van der Waals surface area contributed by atoms with E-state index in [9.17, 15) is 9.59 Å². The third-order valence-corrected chi connectivity index (χ3v) is 5.14. The number of carbonyl (C=O) groups excluding carboxylic acids is 2. The van der Waals surface area contributed by atoms with Gasteiger partial charge in [0.25, 0.3) is 0 Å². The van der Waals surface area contributed by atoms with Crippen molar-refractivity contribution in [3.05, 3.63) is 41.5 Å². The van der Waals surface area contributed by atoms with Crippen LogP contribution in [0, 0.1) is 0 Å². The van der Waals surface area contributed by atoms with Gasteiger partial charge in [0.15, 0.2) is 11.5 Å². The average molecular weight is 398 g/mol. The van der Waals surface area contributed by atoms with E-state index in [2.05, 4.69) is 0 Å². The lowest BCUT2D eigenvalue weighted by atomic mass is 9.99. The minimum Gasteiger partial charge on any atom is -0.493 e. The molecule has 0 radical (unpaired) electrons. The molecular formula is C22H22O7. The molecule has 1 aliphatic carbocycles. The van der Waals surface area contributed by atoms with Gasteiger partial charge >= 0.3 is 11.9 Å². The summed E-state index contributed by atoms with van der Waals surface area (Å²) in [5.41, 5.74) is 1.89. The molecule has 4 rings (SSSR count). The summed E-state index contributed by atoms with van der Waals surface area (Å²) in [6, 6.07) is 9.07. The van der Waals surface area contributed by atoms with E-state index < -0.39 is 5.60 Å². The molecule has 0 unspecified atom stereocenters. The molecule has 0 saturated heterocycles. The summed E-state index contributed by atoms with van der Waals surface area (Å²) >= 11 is 0. The standard InChI is InChI=1S/C22H22O7/c1-4-27-21(24)22(9-10-22)29-18-15(7-8-17(25-2)19(18)26-3)13-5-6-16-14(11-13)12-28-20(16)23/h5-8,11H,4,9-10,12H2,1-3H3. The first kappa shape index (κ1) is 19.1. The molecule has 0 amide bonds. The lowest BCUT2D eigenvalue weighted by Gasteiger charge is -2.22. The van der Waals surface area contributed by atoms with Gasteiger partial charge in [-0.3, -0.25) is 0 Å². The second-order valence-corrected chi connectivity index (χ2v) is 6.94. The Balaban J connectivity index is 1.81. The predicted octanol–water partition coefficient (Wildman–Crippen LogP) is 3.52. The van der Waals surface area contributed by atoms with Crippen LogP contribution in [0.5, 0.6) is 17.2 Å². The van der Waals surface area contributed by atoms with Gasteiger partial charge in [0.1, 0.15) is 6.61 Å². The van der Waals surface area contributed by atoms with Crippen LogP contribution in [-0.2, 0) is 20.9 Å². The maximum Gasteiger partial charge on any atom is 0.350 e. The fourth-order valence-corrected chi connectivity index (χ4v) is 3.45. The Morgan fingerprint density at radius 2 is 1.83 bits per heavy atom. The van der Waals surface area contributed by atoms with Crippen LogP contribution in [0.15, 0.2) is 30.3 Å². The van der Waals surface area contributed by atoms with E-state index in [0.717, 1.165) is 16.7 Å². The predicted molar refractivity (Wildman–Crippen MR) is 103 cm³/mol. The minimum absolute atomic E-state index is 0.234. The van der Waals surface area contributed by atoms with E-state index in [1.807, 2.05) is 18.2 Å². The van der Waals surface area contributed by atoms with Crippen LogP contribution in [0.3, 0.4) is 0 Å². The van der Waals surface area contributed by atoms with Gasteiger partial charge in [0.2, 0.25) is 11.4 Å². The van der Waals surface area contributed by atoms with Crippen LogP contribution in [0.4, 0.5) is 0 Å². The Morgan fingerprint density at radius 3 is 2.48 bits per heavy atom. The number of benzene rings is 2. The Hall–Kier alpha value is -3.22. The van der Waals surface area contributed by atoms with E-state index in [-0.39, 0.29) is 25.2 Å². The SMILES string of the molecule is CCOC(=O)C1(Oc2c(-c3ccc4c(c3)COC4=O)ccc(OC)c2OC)CC1. The lowest BCUT2D eigenvalue weighted by molar-refractivity contribution is -0.153. The van der Waals surface area contributed by atoms with Crippen molar-refractivity contribution in [2.75, 3.05) is 20.8 Å². The van der Waals surface area contributed by atoms with Crippen molar-refractivity contribution in [2.45, 2.75) is 32.0 Å². The number of esters is 2. The van der Waals surface area contributed by atoms with Gasteiger partial charge < -0.3 is 23.7 Å². The Labute approximate surface area is 168 Å². The van der Waals surface area contributed by atoms with Crippen molar-refractivity contribution in [2.24, 2.45) is 0 Å². The van der Waals surface area contributed by atoms with Crippen molar-refractivity contribution in [1.29, 1.82) is 0 Å². The summed E-state index contributed by atoms with van der Waals surface area (Å²) in [5, 5.41) is 0.